The van der Waals surface area contributed by atoms with Gasteiger partial charge in [0.05, 0.1) is 31.2 Å². The van der Waals surface area contributed by atoms with Crippen molar-refractivity contribution in [3.05, 3.63) is 34.4 Å². The normalized spacial score (nSPS) is 12.9. The number of nitrogens with zero attached hydrogens (tertiary/aromatic N) is 2. The zero-order chi connectivity index (χ0) is 17.3. The molecule has 0 fully saturated rings. The Morgan fingerprint density at radius 2 is 1.83 bits per heavy atom. The van der Waals surface area contributed by atoms with Crippen LogP contribution in [0.5, 0.6) is 0 Å². The predicted octanol–water partition coefficient (Wildman–Crippen LogP) is 3.02. The number of rotatable bonds is 11. The second-order valence-corrected chi connectivity index (χ2v) is 6.14. The molecule has 1 aromatic rings. The third kappa shape index (κ3) is 6.15. The van der Waals surface area contributed by atoms with Gasteiger partial charge < -0.3 is 14.9 Å². The molecule has 2 N–H and O–H groups in total. The van der Waals surface area contributed by atoms with E-state index in [1.807, 2.05) is 0 Å². The van der Waals surface area contributed by atoms with Crippen LogP contribution in [0.25, 0.3) is 0 Å². The van der Waals surface area contributed by atoms with Crippen molar-refractivity contribution in [3.63, 3.8) is 0 Å². The van der Waals surface area contributed by atoms with Gasteiger partial charge in [-0.15, -0.1) is 0 Å². The van der Waals surface area contributed by atoms with Crippen LogP contribution in [-0.4, -0.2) is 53.3 Å². The van der Waals surface area contributed by atoms with Gasteiger partial charge in [-0.05, 0) is 45.7 Å². The largest absolute Gasteiger partial charge is 0.391 e. The van der Waals surface area contributed by atoms with Gasteiger partial charge in [0, 0.05) is 23.9 Å². The molecule has 1 aromatic carbocycles. The Hall–Kier alpha value is -1.66. The molecule has 0 radical (unpaired) electrons. The third-order valence-electron chi connectivity index (χ3n) is 4.68. The molecule has 0 aliphatic carbocycles. The van der Waals surface area contributed by atoms with E-state index in [0.717, 1.165) is 49.2 Å². The molecule has 6 heteroatoms. The minimum absolute atomic E-state index is 0.111. The second kappa shape index (κ2) is 9.47. The molecule has 1 rings (SSSR count). The van der Waals surface area contributed by atoms with Crippen molar-refractivity contribution < 1.29 is 14.5 Å². The van der Waals surface area contributed by atoms with Crippen LogP contribution in [0.1, 0.15) is 33.6 Å². The highest BCUT2D eigenvalue weighted by atomic mass is 16.6. The van der Waals surface area contributed by atoms with Gasteiger partial charge >= 0.3 is 0 Å². The molecular weight excluding hydrogens is 294 g/mol. The second-order valence-electron chi connectivity index (χ2n) is 6.14. The van der Waals surface area contributed by atoms with Crippen molar-refractivity contribution in [2.75, 3.05) is 38.1 Å². The minimum Gasteiger partial charge on any atom is -0.391 e. The number of benzene rings is 1. The van der Waals surface area contributed by atoms with Crippen molar-refractivity contribution in [1.29, 1.82) is 0 Å². The number of nitrogens with one attached hydrogen (secondary N) is 1. The summed E-state index contributed by atoms with van der Waals surface area (Å²) in [6.07, 6.45) is 2.12. The molecule has 0 saturated carbocycles. The van der Waals surface area contributed by atoms with Crippen LogP contribution < -0.4 is 5.32 Å². The Kier molecular flexibility index (Phi) is 7.98. The number of aliphatic hydroxyl groups excluding tert-OH is 1. The van der Waals surface area contributed by atoms with E-state index in [-0.39, 0.29) is 17.2 Å². The molecule has 23 heavy (non-hydrogen) atoms. The first kappa shape index (κ1) is 19.4. The van der Waals surface area contributed by atoms with E-state index >= 15 is 0 Å². The van der Waals surface area contributed by atoms with E-state index in [0.29, 0.717) is 6.04 Å². The van der Waals surface area contributed by atoms with Gasteiger partial charge in [0.2, 0.25) is 0 Å². The molecule has 0 heterocycles. The Balaban J connectivity index is 2.44. The van der Waals surface area contributed by atoms with Gasteiger partial charge in [-0.2, -0.15) is 0 Å². The summed E-state index contributed by atoms with van der Waals surface area (Å²) in [5.41, 5.74) is 1.02. The molecule has 0 aliphatic heterocycles. The number of hydrogen-bond donors (Lipinski definition) is 2. The van der Waals surface area contributed by atoms with E-state index in [4.69, 9.17) is 0 Å². The number of nitro groups is 1. The summed E-state index contributed by atoms with van der Waals surface area (Å²) in [5, 5.41) is 23.3. The highest BCUT2D eigenvalue weighted by Crippen LogP contribution is 2.17. The molecule has 0 amide bonds. The van der Waals surface area contributed by atoms with Crippen LogP contribution >= 0.6 is 0 Å². The van der Waals surface area contributed by atoms with Crippen molar-refractivity contribution in [2.45, 2.75) is 39.7 Å². The summed E-state index contributed by atoms with van der Waals surface area (Å²) in [7, 11) is 0. The summed E-state index contributed by atoms with van der Waals surface area (Å²) in [6.45, 7) is 10.7. The highest BCUT2D eigenvalue weighted by molar-refractivity contribution is 5.48. The molecule has 0 aliphatic rings. The lowest BCUT2D eigenvalue weighted by Gasteiger charge is -2.36. The minimum atomic E-state index is -0.388. The molecular formula is C17H30N3O3+. The molecule has 1 unspecified atom stereocenters. The van der Waals surface area contributed by atoms with Crippen LogP contribution in [0.2, 0.25) is 0 Å². The van der Waals surface area contributed by atoms with Crippen LogP contribution in [-0.2, 0) is 0 Å². The predicted molar refractivity (Wildman–Crippen MR) is 93.6 cm³/mol. The quantitative estimate of drug-likeness (QED) is 0.373. The van der Waals surface area contributed by atoms with Crippen molar-refractivity contribution >= 4 is 11.4 Å². The summed E-state index contributed by atoms with van der Waals surface area (Å²) in [4.78, 5) is 10.3. The fourth-order valence-corrected chi connectivity index (χ4v) is 2.95. The van der Waals surface area contributed by atoms with Gasteiger partial charge in [-0.1, -0.05) is 0 Å². The Morgan fingerprint density at radius 1 is 1.22 bits per heavy atom. The Labute approximate surface area is 138 Å². The van der Waals surface area contributed by atoms with Crippen molar-refractivity contribution in [1.82, 2.24) is 0 Å². The maximum absolute atomic E-state index is 10.6. The van der Waals surface area contributed by atoms with Gasteiger partial charge in [0.25, 0.3) is 5.69 Å². The summed E-state index contributed by atoms with van der Waals surface area (Å²) in [6, 6.07) is 6.84. The Bertz CT molecular complexity index is 472. The maximum Gasteiger partial charge on any atom is 0.269 e. The highest BCUT2D eigenvalue weighted by Gasteiger charge is 2.22. The zero-order valence-electron chi connectivity index (χ0n) is 14.5. The van der Waals surface area contributed by atoms with Crippen molar-refractivity contribution in [3.8, 4) is 0 Å². The van der Waals surface area contributed by atoms with E-state index in [9.17, 15) is 15.2 Å². The fraction of sp³-hybridized carbons (Fsp3) is 0.647. The van der Waals surface area contributed by atoms with E-state index < -0.39 is 0 Å². The Morgan fingerprint density at radius 3 is 2.30 bits per heavy atom. The molecule has 6 nitrogen and oxygen atoms in total. The van der Waals surface area contributed by atoms with Crippen molar-refractivity contribution in [2.24, 2.45) is 0 Å². The third-order valence-corrected chi connectivity index (χ3v) is 4.68. The molecule has 130 valence electrons. The number of quaternary nitrogens is 1. The SMILES string of the molecule is CC[N+](CC)(CCO)CCCC(C)Nc1ccc([N+](=O)[O-])cc1. The molecule has 1 atom stereocenters. The van der Waals surface area contributed by atoms with Gasteiger partial charge in [-0.3, -0.25) is 10.1 Å². The average molecular weight is 324 g/mol. The number of non-ortho nitro benzene ring substituents is 1. The first-order valence-electron chi connectivity index (χ1n) is 8.43. The first-order valence-corrected chi connectivity index (χ1v) is 8.43. The van der Waals surface area contributed by atoms with E-state index in [2.05, 4.69) is 26.1 Å². The average Bonchev–Trinajstić information content (AvgIpc) is 2.54. The smallest absolute Gasteiger partial charge is 0.269 e. The molecule has 0 spiro atoms. The lowest BCUT2D eigenvalue weighted by molar-refractivity contribution is -0.925. The number of nitro benzene ring substituents is 1. The summed E-state index contributed by atoms with van der Waals surface area (Å²) in [5.74, 6) is 0. The first-order chi connectivity index (χ1) is 11.0. The van der Waals surface area contributed by atoms with Gasteiger partial charge in [0.1, 0.15) is 6.54 Å². The standard InChI is InChI=1S/C17H30N3O3/c1-4-20(5-2,13-14-21)12-6-7-15(3)18-16-8-10-17(11-9-16)19(22)23/h8-11,15,18,21H,4-7,12-14H2,1-3H3/q+1. The van der Waals surface area contributed by atoms with Gasteiger partial charge in [-0.25, -0.2) is 0 Å². The van der Waals surface area contributed by atoms with E-state index in [1.54, 1.807) is 12.1 Å². The molecule has 0 aromatic heterocycles. The molecule has 0 bridgehead atoms. The molecule has 0 saturated heterocycles. The lowest BCUT2D eigenvalue weighted by atomic mass is 10.1. The number of aliphatic hydroxyl groups is 1. The fourth-order valence-electron chi connectivity index (χ4n) is 2.95. The zero-order valence-corrected chi connectivity index (χ0v) is 14.5. The van der Waals surface area contributed by atoms with E-state index in [1.165, 1.54) is 12.1 Å². The number of anilines is 1. The summed E-state index contributed by atoms with van der Waals surface area (Å²) < 4.78 is 0.959. The lowest BCUT2D eigenvalue weighted by Crippen LogP contribution is -2.50. The van der Waals surface area contributed by atoms with Crippen LogP contribution in [0.4, 0.5) is 11.4 Å². The van der Waals surface area contributed by atoms with Crippen LogP contribution in [0.3, 0.4) is 0 Å². The number of hydrogen-bond acceptors (Lipinski definition) is 4. The topological polar surface area (TPSA) is 75.4 Å². The van der Waals surface area contributed by atoms with Crippen LogP contribution in [0, 0.1) is 10.1 Å². The number of likely N-dealkylation sites (N-methyl/N-ethyl adjacent to an activating group) is 1. The van der Waals surface area contributed by atoms with Gasteiger partial charge in [0.15, 0.2) is 0 Å². The summed E-state index contributed by atoms with van der Waals surface area (Å²) >= 11 is 0. The maximum atomic E-state index is 10.6. The van der Waals surface area contributed by atoms with Crippen LogP contribution in [0.15, 0.2) is 24.3 Å². The monoisotopic (exact) mass is 324 g/mol.